The van der Waals surface area contributed by atoms with E-state index >= 15 is 0 Å². The standard InChI is InChI=1S/C25H28N2O6/c1-5-31-18-7-9-19(10-8-18)32-17(4)24(29)27-26-23(28)13-12-21-16(3)20-11-6-15(2)14-22(20)33-25(21)30/h6-11,14,17H,5,12-13H2,1-4H3,(H,26,28)(H,27,29). The van der Waals surface area contributed by atoms with Crippen LogP contribution < -0.4 is 26.0 Å². The number of carbonyl (C=O) groups is 2. The van der Waals surface area contributed by atoms with Crippen molar-refractivity contribution < 1.29 is 23.5 Å². The third-order valence-electron chi connectivity index (χ3n) is 5.19. The largest absolute Gasteiger partial charge is 0.494 e. The number of hydrogen-bond acceptors (Lipinski definition) is 6. The molecule has 1 atom stereocenters. The number of hydrogen-bond donors (Lipinski definition) is 2. The maximum Gasteiger partial charge on any atom is 0.339 e. The fourth-order valence-electron chi connectivity index (χ4n) is 3.36. The van der Waals surface area contributed by atoms with Gasteiger partial charge in [-0.3, -0.25) is 20.4 Å². The molecule has 8 nitrogen and oxygen atoms in total. The van der Waals surface area contributed by atoms with Crippen LogP contribution in [0.1, 0.15) is 37.0 Å². The highest BCUT2D eigenvalue weighted by molar-refractivity contribution is 5.85. The Labute approximate surface area is 191 Å². The predicted molar refractivity (Wildman–Crippen MR) is 124 cm³/mol. The van der Waals surface area contributed by atoms with Crippen LogP contribution in [0.4, 0.5) is 0 Å². The van der Waals surface area contributed by atoms with Crippen LogP contribution in [0.2, 0.25) is 0 Å². The highest BCUT2D eigenvalue weighted by Crippen LogP contribution is 2.21. The van der Waals surface area contributed by atoms with E-state index in [4.69, 9.17) is 13.9 Å². The van der Waals surface area contributed by atoms with Crippen LogP contribution in [0.15, 0.2) is 51.7 Å². The van der Waals surface area contributed by atoms with Crippen LogP contribution >= 0.6 is 0 Å². The Morgan fingerprint density at radius 1 is 1.03 bits per heavy atom. The van der Waals surface area contributed by atoms with Gasteiger partial charge in [0.05, 0.1) is 6.61 Å². The number of carbonyl (C=O) groups excluding carboxylic acids is 2. The molecule has 1 heterocycles. The van der Waals surface area contributed by atoms with Crippen LogP contribution in [-0.2, 0) is 16.0 Å². The zero-order valence-corrected chi connectivity index (χ0v) is 19.2. The summed E-state index contributed by atoms with van der Waals surface area (Å²) < 4.78 is 16.4. The molecule has 2 aromatic carbocycles. The monoisotopic (exact) mass is 452 g/mol. The van der Waals surface area contributed by atoms with Gasteiger partial charge in [0.25, 0.3) is 5.91 Å². The minimum Gasteiger partial charge on any atom is -0.494 e. The van der Waals surface area contributed by atoms with Crippen LogP contribution in [-0.4, -0.2) is 24.5 Å². The first-order valence-corrected chi connectivity index (χ1v) is 10.8. The second-order valence-corrected chi connectivity index (χ2v) is 7.69. The van der Waals surface area contributed by atoms with Gasteiger partial charge in [-0.1, -0.05) is 12.1 Å². The van der Waals surface area contributed by atoms with E-state index in [2.05, 4.69) is 10.9 Å². The molecule has 0 fully saturated rings. The van der Waals surface area contributed by atoms with Gasteiger partial charge in [0.15, 0.2) is 6.10 Å². The zero-order valence-electron chi connectivity index (χ0n) is 19.2. The number of ether oxygens (including phenoxy) is 2. The maximum atomic E-state index is 12.4. The van der Waals surface area contributed by atoms with Gasteiger partial charge in [-0.2, -0.15) is 0 Å². The van der Waals surface area contributed by atoms with E-state index in [1.807, 2.05) is 39.0 Å². The van der Waals surface area contributed by atoms with E-state index < -0.39 is 23.5 Å². The molecule has 0 saturated heterocycles. The average Bonchev–Trinajstić information content (AvgIpc) is 2.78. The molecule has 0 aliphatic heterocycles. The normalized spacial score (nSPS) is 11.6. The van der Waals surface area contributed by atoms with Crippen LogP contribution in [0.5, 0.6) is 11.5 Å². The molecule has 0 bridgehead atoms. The van der Waals surface area contributed by atoms with E-state index in [0.29, 0.717) is 29.3 Å². The van der Waals surface area contributed by atoms with Crippen LogP contribution in [0.3, 0.4) is 0 Å². The van der Waals surface area contributed by atoms with Crippen molar-refractivity contribution in [3.8, 4) is 11.5 Å². The Bertz CT molecular complexity index is 1200. The summed E-state index contributed by atoms with van der Waals surface area (Å²) in [5.41, 5.74) is 7.00. The number of rotatable bonds is 8. The first-order chi connectivity index (χ1) is 15.8. The molecule has 0 aliphatic carbocycles. The molecule has 3 aromatic rings. The smallest absolute Gasteiger partial charge is 0.339 e. The Kier molecular flexibility index (Phi) is 7.71. The van der Waals surface area contributed by atoms with Crippen LogP contribution in [0, 0.1) is 13.8 Å². The van der Waals surface area contributed by atoms with E-state index in [-0.39, 0.29) is 12.8 Å². The molecule has 33 heavy (non-hydrogen) atoms. The molecule has 0 saturated carbocycles. The third-order valence-corrected chi connectivity index (χ3v) is 5.19. The number of hydrazine groups is 1. The van der Waals surface area contributed by atoms with E-state index in [9.17, 15) is 14.4 Å². The van der Waals surface area contributed by atoms with Crippen molar-refractivity contribution in [1.82, 2.24) is 10.9 Å². The Balaban J connectivity index is 1.51. The average molecular weight is 453 g/mol. The number of amides is 2. The van der Waals surface area contributed by atoms with Gasteiger partial charge in [-0.25, -0.2) is 4.79 Å². The molecule has 0 radical (unpaired) electrons. The van der Waals surface area contributed by atoms with Gasteiger partial charge in [-0.05, 0) is 75.6 Å². The molecule has 1 aromatic heterocycles. The second-order valence-electron chi connectivity index (χ2n) is 7.69. The molecule has 2 N–H and O–H groups in total. The van der Waals surface area contributed by atoms with E-state index in [1.54, 1.807) is 31.2 Å². The second kappa shape index (κ2) is 10.7. The molecular formula is C25H28N2O6. The summed E-state index contributed by atoms with van der Waals surface area (Å²) in [6.07, 6.45) is -0.628. The molecule has 0 aliphatic rings. The SMILES string of the molecule is CCOc1ccc(OC(C)C(=O)NNC(=O)CCc2c(C)c3ccc(C)cc3oc2=O)cc1. The zero-order chi connectivity index (χ0) is 24.0. The molecule has 2 amide bonds. The highest BCUT2D eigenvalue weighted by atomic mass is 16.5. The van der Waals surface area contributed by atoms with Crippen molar-refractivity contribution in [1.29, 1.82) is 0 Å². The Hall–Kier alpha value is -3.81. The fourth-order valence-corrected chi connectivity index (χ4v) is 3.36. The summed E-state index contributed by atoms with van der Waals surface area (Å²) in [4.78, 5) is 36.8. The number of aryl methyl sites for hydroxylation is 2. The van der Waals surface area contributed by atoms with Gasteiger partial charge >= 0.3 is 5.63 Å². The van der Waals surface area contributed by atoms with Gasteiger partial charge < -0.3 is 13.9 Å². The van der Waals surface area contributed by atoms with Crippen molar-refractivity contribution in [2.24, 2.45) is 0 Å². The van der Waals surface area contributed by atoms with Crippen molar-refractivity contribution in [2.75, 3.05) is 6.61 Å². The Morgan fingerprint density at radius 2 is 1.73 bits per heavy atom. The highest BCUT2D eigenvalue weighted by Gasteiger charge is 2.17. The van der Waals surface area contributed by atoms with Gasteiger partial charge in [0.2, 0.25) is 5.91 Å². The molecule has 1 unspecified atom stereocenters. The van der Waals surface area contributed by atoms with Gasteiger partial charge in [0.1, 0.15) is 17.1 Å². The number of nitrogens with one attached hydrogen (secondary N) is 2. The van der Waals surface area contributed by atoms with Gasteiger partial charge in [-0.15, -0.1) is 0 Å². The summed E-state index contributed by atoms with van der Waals surface area (Å²) >= 11 is 0. The van der Waals surface area contributed by atoms with Crippen molar-refractivity contribution in [3.63, 3.8) is 0 Å². The lowest BCUT2D eigenvalue weighted by Crippen LogP contribution is -2.47. The summed E-state index contributed by atoms with van der Waals surface area (Å²) in [5, 5.41) is 0.837. The first kappa shape index (κ1) is 23.8. The Morgan fingerprint density at radius 3 is 2.42 bits per heavy atom. The lowest BCUT2D eigenvalue weighted by atomic mass is 10.0. The molecular weight excluding hydrogens is 424 g/mol. The molecule has 0 spiro atoms. The minimum atomic E-state index is -0.832. The predicted octanol–water partition coefficient (Wildman–Crippen LogP) is 3.36. The van der Waals surface area contributed by atoms with Crippen molar-refractivity contribution in [3.05, 3.63) is 69.6 Å². The quantitative estimate of drug-likeness (QED) is 0.401. The van der Waals surface area contributed by atoms with E-state index in [0.717, 1.165) is 16.5 Å². The third kappa shape index (κ3) is 6.12. The molecule has 174 valence electrons. The summed E-state index contributed by atoms with van der Waals surface area (Å²) in [6, 6.07) is 12.6. The topological polar surface area (TPSA) is 107 Å². The van der Waals surface area contributed by atoms with Gasteiger partial charge in [0, 0.05) is 17.4 Å². The lowest BCUT2D eigenvalue weighted by molar-refractivity contribution is -0.132. The maximum absolute atomic E-state index is 12.4. The lowest BCUT2D eigenvalue weighted by Gasteiger charge is -2.15. The molecule has 8 heteroatoms. The van der Waals surface area contributed by atoms with Crippen molar-refractivity contribution in [2.45, 2.75) is 46.6 Å². The minimum absolute atomic E-state index is 0.0113. The number of fused-ring (bicyclic) bond motifs is 1. The van der Waals surface area contributed by atoms with Crippen molar-refractivity contribution >= 4 is 22.8 Å². The first-order valence-electron chi connectivity index (χ1n) is 10.8. The fraction of sp³-hybridized carbons (Fsp3) is 0.320. The number of benzene rings is 2. The summed E-state index contributed by atoms with van der Waals surface area (Å²) in [7, 11) is 0. The summed E-state index contributed by atoms with van der Waals surface area (Å²) in [6.45, 7) is 7.78. The molecule has 3 rings (SSSR count). The van der Waals surface area contributed by atoms with E-state index in [1.165, 1.54) is 0 Å². The van der Waals surface area contributed by atoms with Crippen LogP contribution in [0.25, 0.3) is 11.0 Å². The summed E-state index contributed by atoms with van der Waals surface area (Å²) in [5.74, 6) is 0.273.